The van der Waals surface area contributed by atoms with Crippen molar-refractivity contribution in [1.82, 2.24) is 0 Å². The molecule has 0 saturated heterocycles. The lowest BCUT2D eigenvalue weighted by Gasteiger charge is -2.25. The van der Waals surface area contributed by atoms with Crippen molar-refractivity contribution in [3.63, 3.8) is 0 Å². The number of carbonyl (C=O) groups excluding carboxylic acids is 1. The predicted molar refractivity (Wildman–Crippen MR) is 79.5 cm³/mol. The molecule has 20 heavy (non-hydrogen) atoms. The molecule has 0 spiro atoms. The van der Waals surface area contributed by atoms with Gasteiger partial charge in [0.25, 0.3) is 0 Å². The lowest BCUT2D eigenvalue weighted by atomic mass is 10.0. The number of amides is 1. The molecule has 1 aromatic carbocycles. The normalized spacial score (nSPS) is 17.6. The van der Waals surface area contributed by atoms with E-state index in [1.54, 1.807) is 12.0 Å². The van der Waals surface area contributed by atoms with Crippen LogP contribution in [-0.4, -0.2) is 25.3 Å². The molecule has 0 bridgehead atoms. The van der Waals surface area contributed by atoms with Crippen LogP contribution in [0.25, 0.3) is 0 Å². The highest BCUT2D eigenvalue weighted by Gasteiger charge is 2.35. The highest BCUT2D eigenvalue weighted by atomic mass is 16.6. The van der Waals surface area contributed by atoms with Gasteiger partial charge in [0.1, 0.15) is 11.4 Å². The van der Waals surface area contributed by atoms with Crippen molar-refractivity contribution < 1.29 is 14.3 Å². The van der Waals surface area contributed by atoms with E-state index in [4.69, 9.17) is 9.47 Å². The van der Waals surface area contributed by atoms with Crippen molar-refractivity contribution in [3.8, 4) is 5.75 Å². The fraction of sp³-hybridized carbons (Fsp3) is 0.438. The van der Waals surface area contributed by atoms with Crippen LogP contribution in [0.3, 0.4) is 0 Å². The van der Waals surface area contributed by atoms with Crippen LogP contribution in [-0.2, 0) is 4.74 Å². The van der Waals surface area contributed by atoms with Crippen LogP contribution in [0.1, 0.15) is 32.3 Å². The standard InChI is InChI=1S/C16H21NO3/c1-6-11-10-17(15(18)20-16(2,3)4)14-12(11)8-7-9-13(14)19-5/h6-9,11H,1,10H2,2-5H3. The Labute approximate surface area is 120 Å². The molecule has 108 valence electrons. The highest BCUT2D eigenvalue weighted by Crippen LogP contribution is 2.43. The summed E-state index contributed by atoms with van der Waals surface area (Å²) in [5, 5.41) is 0. The van der Waals surface area contributed by atoms with Gasteiger partial charge in [-0.25, -0.2) is 4.79 Å². The number of hydrogen-bond acceptors (Lipinski definition) is 3. The second-order valence-corrected chi connectivity index (χ2v) is 5.83. The van der Waals surface area contributed by atoms with Gasteiger partial charge in [-0.1, -0.05) is 18.2 Å². The molecule has 0 aromatic heterocycles. The monoisotopic (exact) mass is 275 g/mol. The zero-order valence-electron chi connectivity index (χ0n) is 12.5. The lowest BCUT2D eigenvalue weighted by Crippen LogP contribution is -2.36. The number of fused-ring (bicyclic) bond motifs is 1. The minimum Gasteiger partial charge on any atom is -0.495 e. The molecular formula is C16H21NO3. The molecule has 4 nitrogen and oxygen atoms in total. The van der Waals surface area contributed by atoms with Crippen LogP contribution in [0, 0.1) is 0 Å². The number of para-hydroxylation sites is 1. The van der Waals surface area contributed by atoms with E-state index in [1.165, 1.54) is 0 Å². The first-order chi connectivity index (χ1) is 9.37. The molecule has 2 rings (SSSR count). The largest absolute Gasteiger partial charge is 0.495 e. The summed E-state index contributed by atoms with van der Waals surface area (Å²) in [5.74, 6) is 0.783. The van der Waals surface area contributed by atoms with Crippen LogP contribution < -0.4 is 9.64 Å². The number of ether oxygens (including phenoxy) is 2. The third-order valence-corrected chi connectivity index (χ3v) is 3.20. The Bertz CT molecular complexity index is 531. The number of hydrogen-bond donors (Lipinski definition) is 0. The summed E-state index contributed by atoms with van der Waals surface area (Å²) in [6, 6.07) is 5.77. The summed E-state index contributed by atoms with van der Waals surface area (Å²) < 4.78 is 10.8. The van der Waals surface area contributed by atoms with Crippen LogP contribution in [0.5, 0.6) is 5.75 Å². The van der Waals surface area contributed by atoms with Crippen LogP contribution in [0.15, 0.2) is 30.9 Å². The van der Waals surface area contributed by atoms with Gasteiger partial charge in [0.15, 0.2) is 0 Å². The van der Waals surface area contributed by atoms with E-state index < -0.39 is 5.60 Å². The topological polar surface area (TPSA) is 38.8 Å². The third-order valence-electron chi connectivity index (χ3n) is 3.20. The Morgan fingerprint density at radius 2 is 2.15 bits per heavy atom. The van der Waals surface area contributed by atoms with Crippen molar-refractivity contribution >= 4 is 11.8 Å². The maximum absolute atomic E-state index is 12.4. The SMILES string of the molecule is C=CC1CN(C(=O)OC(C)(C)C)c2c(OC)cccc21. The first-order valence-electron chi connectivity index (χ1n) is 6.67. The number of carbonyl (C=O) groups is 1. The molecule has 1 aromatic rings. The zero-order chi connectivity index (χ0) is 14.9. The molecule has 1 amide bonds. The van der Waals surface area contributed by atoms with Crippen LogP contribution in [0.4, 0.5) is 10.5 Å². The Kier molecular flexibility index (Phi) is 3.75. The molecule has 1 heterocycles. The number of benzene rings is 1. The molecule has 0 saturated carbocycles. The number of nitrogens with zero attached hydrogens (tertiary/aromatic N) is 1. The number of rotatable bonds is 2. The van der Waals surface area contributed by atoms with Gasteiger partial charge in [-0.15, -0.1) is 6.58 Å². The van der Waals surface area contributed by atoms with E-state index in [0.29, 0.717) is 12.3 Å². The Hall–Kier alpha value is -1.97. The quantitative estimate of drug-likeness (QED) is 0.772. The minimum atomic E-state index is -0.522. The summed E-state index contributed by atoms with van der Waals surface area (Å²) in [6.45, 7) is 9.95. The molecule has 1 atom stereocenters. The first-order valence-corrected chi connectivity index (χ1v) is 6.67. The van der Waals surface area contributed by atoms with E-state index in [9.17, 15) is 4.79 Å². The van der Waals surface area contributed by atoms with Crippen molar-refractivity contribution in [2.75, 3.05) is 18.6 Å². The zero-order valence-corrected chi connectivity index (χ0v) is 12.5. The van der Waals surface area contributed by atoms with Gasteiger partial charge in [-0.3, -0.25) is 4.90 Å². The van der Waals surface area contributed by atoms with Gasteiger partial charge in [0.05, 0.1) is 12.8 Å². The van der Waals surface area contributed by atoms with Gasteiger partial charge in [0, 0.05) is 12.5 Å². The van der Waals surface area contributed by atoms with E-state index in [-0.39, 0.29) is 12.0 Å². The summed E-state index contributed by atoms with van der Waals surface area (Å²) in [4.78, 5) is 14.0. The van der Waals surface area contributed by atoms with E-state index in [2.05, 4.69) is 6.58 Å². The summed E-state index contributed by atoms with van der Waals surface area (Å²) in [5.41, 5.74) is 1.31. The summed E-state index contributed by atoms with van der Waals surface area (Å²) in [6.07, 6.45) is 1.50. The molecule has 0 fully saturated rings. The van der Waals surface area contributed by atoms with Gasteiger partial charge in [0.2, 0.25) is 0 Å². The average Bonchev–Trinajstić information content (AvgIpc) is 2.75. The second kappa shape index (κ2) is 5.19. The van der Waals surface area contributed by atoms with Gasteiger partial charge >= 0.3 is 6.09 Å². The molecule has 1 aliphatic rings. The van der Waals surface area contributed by atoms with Crippen LogP contribution >= 0.6 is 0 Å². The molecule has 1 unspecified atom stereocenters. The van der Waals surface area contributed by atoms with Gasteiger partial charge in [-0.05, 0) is 32.4 Å². The van der Waals surface area contributed by atoms with E-state index in [1.807, 2.05) is 45.0 Å². The fourth-order valence-corrected chi connectivity index (χ4v) is 2.36. The molecule has 0 N–H and O–H groups in total. The Balaban J connectivity index is 2.40. The molecular weight excluding hydrogens is 254 g/mol. The predicted octanol–water partition coefficient (Wildman–Crippen LogP) is 3.72. The van der Waals surface area contributed by atoms with Crippen LogP contribution in [0.2, 0.25) is 0 Å². The molecule has 0 radical (unpaired) electrons. The summed E-state index contributed by atoms with van der Waals surface area (Å²) >= 11 is 0. The molecule has 0 aliphatic carbocycles. The number of anilines is 1. The maximum Gasteiger partial charge on any atom is 0.414 e. The van der Waals surface area contributed by atoms with Crippen molar-refractivity contribution in [3.05, 3.63) is 36.4 Å². The van der Waals surface area contributed by atoms with E-state index >= 15 is 0 Å². The fourth-order valence-electron chi connectivity index (χ4n) is 2.36. The van der Waals surface area contributed by atoms with Crippen molar-refractivity contribution in [1.29, 1.82) is 0 Å². The van der Waals surface area contributed by atoms with Crippen molar-refractivity contribution in [2.24, 2.45) is 0 Å². The number of methoxy groups -OCH3 is 1. The molecule has 4 heteroatoms. The molecule has 1 aliphatic heterocycles. The van der Waals surface area contributed by atoms with Crippen molar-refractivity contribution in [2.45, 2.75) is 32.3 Å². The smallest absolute Gasteiger partial charge is 0.414 e. The third kappa shape index (κ3) is 2.64. The highest BCUT2D eigenvalue weighted by molar-refractivity contribution is 5.93. The maximum atomic E-state index is 12.4. The first kappa shape index (κ1) is 14.4. The van der Waals surface area contributed by atoms with Gasteiger partial charge < -0.3 is 9.47 Å². The second-order valence-electron chi connectivity index (χ2n) is 5.83. The average molecular weight is 275 g/mol. The summed E-state index contributed by atoms with van der Waals surface area (Å²) in [7, 11) is 1.60. The van der Waals surface area contributed by atoms with Gasteiger partial charge in [-0.2, -0.15) is 0 Å². The minimum absolute atomic E-state index is 0.104. The Morgan fingerprint density at radius 3 is 2.70 bits per heavy atom. The van der Waals surface area contributed by atoms with E-state index in [0.717, 1.165) is 11.3 Å². The Morgan fingerprint density at radius 1 is 1.45 bits per heavy atom. The lowest BCUT2D eigenvalue weighted by molar-refractivity contribution is 0.0582.